The van der Waals surface area contributed by atoms with Crippen LogP contribution in [-0.4, -0.2) is 18.3 Å². The molecule has 0 amide bonds. The van der Waals surface area contributed by atoms with Crippen LogP contribution in [0.15, 0.2) is 17.0 Å². The van der Waals surface area contributed by atoms with Gasteiger partial charge in [-0.05, 0) is 37.5 Å². The van der Waals surface area contributed by atoms with E-state index < -0.39 is 0 Å². The van der Waals surface area contributed by atoms with Crippen molar-refractivity contribution in [2.24, 2.45) is 0 Å². The third kappa shape index (κ3) is 2.80. The zero-order chi connectivity index (χ0) is 13.1. The molecule has 0 aliphatic heterocycles. The molecular formula is C14H19NO2S. The van der Waals surface area contributed by atoms with Crippen LogP contribution in [0, 0.1) is 6.92 Å². The zero-order valence-corrected chi connectivity index (χ0v) is 11.7. The van der Waals surface area contributed by atoms with Gasteiger partial charge in [-0.2, -0.15) is 0 Å². The third-order valence-electron chi connectivity index (χ3n) is 3.37. The molecule has 1 fully saturated rings. The summed E-state index contributed by atoms with van der Waals surface area (Å²) in [5.74, 6) is -0.357. The first-order valence-electron chi connectivity index (χ1n) is 6.27. The molecule has 1 aromatic carbocycles. The van der Waals surface area contributed by atoms with Crippen molar-refractivity contribution in [2.45, 2.75) is 42.8 Å². The van der Waals surface area contributed by atoms with Gasteiger partial charge in [0.2, 0.25) is 0 Å². The molecule has 0 unspecified atom stereocenters. The van der Waals surface area contributed by atoms with Crippen LogP contribution in [0.3, 0.4) is 0 Å². The molecule has 98 valence electrons. The number of ether oxygens (including phenoxy) is 1. The Morgan fingerprint density at radius 1 is 1.39 bits per heavy atom. The Morgan fingerprint density at radius 2 is 2.06 bits per heavy atom. The van der Waals surface area contributed by atoms with E-state index in [2.05, 4.69) is 6.07 Å². The van der Waals surface area contributed by atoms with Crippen molar-refractivity contribution < 1.29 is 9.53 Å². The van der Waals surface area contributed by atoms with Crippen LogP contribution >= 0.6 is 11.8 Å². The van der Waals surface area contributed by atoms with Crippen LogP contribution < -0.4 is 5.73 Å². The number of hydrogen-bond acceptors (Lipinski definition) is 4. The van der Waals surface area contributed by atoms with Crippen molar-refractivity contribution in [3.63, 3.8) is 0 Å². The minimum atomic E-state index is -0.357. The molecule has 1 saturated carbocycles. The second kappa shape index (κ2) is 5.65. The molecule has 2 rings (SSSR count). The van der Waals surface area contributed by atoms with Gasteiger partial charge in [-0.25, -0.2) is 4.79 Å². The van der Waals surface area contributed by atoms with E-state index in [1.165, 1.54) is 32.8 Å². The highest BCUT2D eigenvalue weighted by atomic mass is 32.2. The first kappa shape index (κ1) is 13.3. The van der Waals surface area contributed by atoms with Gasteiger partial charge in [0, 0.05) is 15.8 Å². The van der Waals surface area contributed by atoms with E-state index in [1.807, 2.05) is 24.8 Å². The maximum Gasteiger partial charge on any atom is 0.340 e. The van der Waals surface area contributed by atoms with Gasteiger partial charge in [0.05, 0.1) is 12.7 Å². The van der Waals surface area contributed by atoms with Gasteiger partial charge in [0.15, 0.2) is 0 Å². The second-order valence-electron chi connectivity index (χ2n) is 4.72. The molecule has 2 N–H and O–H groups in total. The number of thioether (sulfide) groups is 1. The lowest BCUT2D eigenvalue weighted by Gasteiger charge is -2.13. The van der Waals surface area contributed by atoms with Crippen LogP contribution in [0.1, 0.15) is 41.6 Å². The number of nitrogen functional groups attached to an aromatic ring is 1. The lowest BCUT2D eigenvalue weighted by atomic mass is 10.1. The second-order valence-corrected chi connectivity index (χ2v) is 6.09. The number of esters is 1. The fraction of sp³-hybridized carbons (Fsp3) is 0.500. The van der Waals surface area contributed by atoms with Gasteiger partial charge in [0.1, 0.15) is 0 Å². The normalized spacial score (nSPS) is 15.9. The summed E-state index contributed by atoms with van der Waals surface area (Å²) in [4.78, 5) is 12.8. The quantitative estimate of drug-likeness (QED) is 0.672. The maximum atomic E-state index is 11.7. The van der Waals surface area contributed by atoms with Gasteiger partial charge in [-0.15, -0.1) is 11.8 Å². The first-order chi connectivity index (χ1) is 8.61. The van der Waals surface area contributed by atoms with E-state index in [4.69, 9.17) is 10.5 Å². The van der Waals surface area contributed by atoms with Gasteiger partial charge in [0.25, 0.3) is 0 Å². The molecule has 0 aromatic heterocycles. The SMILES string of the molecule is COC(=O)c1cc(SC2CCCC2)cc(C)c1N. The van der Waals surface area contributed by atoms with Gasteiger partial charge < -0.3 is 10.5 Å². The van der Waals surface area contributed by atoms with Crippen molar-refractivity contribution in [1.29, 1.82) is 0 Å². The molecule has 0 heterocycles. The van der Waals surface area contributed by atoms with Gasteiger partial charge in [-0.1, -0.05) is 12.8 Å². The predicted octanol–water partition coefficient (Wildman–Crippen LogP) is 3.40. The van der Waals surface area contributed by atoms with Crippen LogP contribution in [0.25, 0.3) is 0 Å². The largest absolute Gasteiger partial charge is 0.465 e. The smallest absolute Gasteiger partial charge is 0.340 e. The predicted molar refractivity (Wildman–Crippen MR) is 75.0 cm³/mol. The summed E-state index contributed by atoms with van der Waals surface area (Å²) in [6.07, 6.45) is 5.16. The van der Waals surface area contributed by atoms with E-state index >= 15 is 0 Å². The third-order valence-corrected chi connectivity index (χ3v) is 4.68. The molecule has 0 atom stereocenters. The molecule has 1 aliphatic rings. The molecule has 18 heavy (non-hydrogen) atoms. The van der Waals surface area contributed by atoms with Crippen LogP contribution in [0.4, 0.5) is 5.69 Å². The number of nitrogens with two attached hydrogens (primary N) is 1. The summed E-state index contributed by atoms with van der Waals surface area (Å²) < 4.78 is 4.77. The van der Waals surface area contributed by atoms with Gasteiger partial charge in [-0.3, -0.25) is 0 Å². The van der Waals surface area contributed by atoms with E-state index in [-0.39, 0.29) is 5.97 Å². The summed E-state index contributed by atoms with van der Waals surface area (Å²) in [7, 11) is 1.38. The fourth-order valence-corrected chi connectivity index (χ4v) is 3.70. The lowest BCUT2D eigenvalue weighted by molar-refractivity contribution is 0.0601. The molecule has 0 radical (unpaired) electrons. The Morgan fingerprint density at radius 3 is 2.67 bits per heavy atom. The molecule has 4 heteroatoms. The van der Waals surface area contributed by atoms with Crippen LogP contribution in [-0.2, 0) is 4.74 Å². The lowest BCUT2D eigenvalue weighted by Crippen LogP contribution is -2.07. The number of anilines is 1. The highest BCUT2D eigenvalue weighted by Crippen LogP contribution is 2.36. The summed E-state index contributed by atoms with van der Waals surface area (Å²) in [6, 6.07) is 3.92. The average Bonchev–Trinajstić information content (AvgIpc) is 2.85. The number of aryl methyl sites for hydroxylation is 1. The molecule has 1 aromatic rings. The van der Waals surface area contributed by atoms with Gasteiger partial charge >= 0.3 is 5.97 Å². The minimum Gasteiger partial charge on any atom is -0.465 e. The maximum absolute atomic E-state index is 11.7. The van der Waals surface area contributed by atoms with Crippen molar-refractivity contribution in [1.82, 2.24) is 0 Å². The molecule has 0 saturated heterocycles. The van der Waals surface area contributed by atoms with E-state index in [1.54, 1.807) is 0 Å². The number of benzene rings is 1. The molecule has 1 aliphatic carbocycles. The number of carbonyl (C=O) groups excluding carboxylic acids is 1. The number of methoxy groups -OCH3 is 1. The summed E-state index contributed by atoms with van der Waals surface area (Å²) in [5.41, 5.74) is 7.88. The average molecular weight is 265 g/mol. The summed E-state index contributed by atoms with van der Waals surface area (Å²) in [6.45, 7) is 1.93. The Balaban J connectivity index is 2.25. The first-order valence-corrected chi connectivity index (χ1v) is 7.15. The number of rotatable bonds is 3. The minimum absolute atomic E-state index is 0.357. The van der Waals surface area contributed by atoms with Crippen molar-refractivity contribution in [3.05, 3.63) is 23.3 Å². The van der Waals surface area contributed by atoms with Crippen molar-refractivity contribution in [2.75, 3.05) is 12.8 Å². The number of carbonyl (C=O) groups is 1. The Hall–Kier alpha value is -1.16. The zero-order valence-electron chi connectivity index (χ0n) is 10.9. The fourth-order valence-electron chi connectivity index (χ4n) is 2.31. The van der Waals surface area contributed by atoms with Crippen molar-refractivity contribution in [3.8, 4) is 0 Å². The molecule has 3 nitrogen and oxygen atoms in total. The molecule has 0 bridgehead atoms. The highest BCUT2D eigenvalue weighted by molar-refractivity contribution is 8.00. The van der Waals surface area contributed by atoms with Crippen LogP contribution in [0.2, 0.25) is 0 Å². The van der Waals surface area contributed by atoms with Crippen molar-refractivity contribution >= 4 is 23.4 Å². The monoisotopic (exact) mass is 265 g/mol. The van der Waals surface area contributed by atoms with E-state index in [0.29, 0.717) is 16.5 Å². The standard InChI is InChI=1S/C14H19NO2S/c1-9-7-11(18-10-5-3-4-6-10)8-12(13(9)15)14(16)17-2/h7-8,10H,3-6,15H2,1-2H3. The van der Waals surface area contributed by atoms with Crippen LogP contribution in [0.5, 0.6) is 0 Å². The molecule has 0 spiro atoms. The number of hydrogen-bond donors (Lipinski definition) is 1. The summed E-state index contributed by atoms with van der Waals surface area (Å²) in [5, 5.41) is 0.679. The Labute approximate surface area is 112 Å². The van der Waals surface area contributed by atoms with E-state index in [0.717, 1.165) is 10.5 Å². The Kier molecular flexibility index (Phi) is 4.17. The highest BCUT2D eigenvalue weighted by Gasteiger charge is 2.19. The van der Waals surface area contributed by atoms with E-state index in [9.17, 15) is 4.79 Å². The molecular weight excluding hydrogens is 246 g/mol. The Bertz CT molecular complexity index is 453. The topological polar surface area (TPSA) is 52.3 Å². The summed E-state index contributed by atoms with van der Waals surface area (Å²) >= 11 is 1.85.